The molecule has 0 radical (unpaired) electrons. The Balaban J connectivity index is 2.43. The van der Waals surface area contributed by atoms with Crippen LogP contribution in [0.5, 0.6) is 0 Å². The number of hydrogen-bond donors (Lipinski definition) is 0. The van der Waals surface area contributed by atoms with E-state index in [-0.39, 0.29) is 18.3 Å². The van der Waals surface area contributed by atoms with Gasteiger partial charge in [-0.25, -0.2) is 0 Å². The van der Waals surface area contributed by atoms with Gasteiger partial charge in [0.05, 0.1) is 24.9 Å². The van der Waals surface area contributed by atoms with Crippen molar-refractivity contribution in [1.82, 2.24) is 0 Å². The van der Waals surface area contributed by atoms with Gasteiger partial charge < -0.3 is 9.47 Å². The predicted octanol–water partition coefficient (Wildman–Crippen LogP) is 3.71. The van der Waals surface area contributed by atoms with Crippen molar-refractivity contribution in [2.75, 3.05) is 0 Å². The average molecular weight is 236 g/mol. The number of rotatable bonds is 6. The maximum Gasteiger partial charge on any atom is 0.0810 e. The molecule has 0 heterocycles. The van der Waals surface area contributed by atoms with Crippen LogP contribution < -0.4 is 0 Å². The summed E-state index contributed by atoms with van der Waals surface area (Å²) in [6, 6.07) is 8.31. The van der Waals surface area contributed by atoms with Crippen LogP contribution in [0.2, 0.25) is 0 Å². The summed E-state index contributed by atoms with van der Waals surface area (Å²) < 4.78 is 11.6. The molecule has 0 aliphatic heterocycles. The van der Waals surface area contributed by atoms with Crippen LogP contribution in [0.1, 0.15) is 38.8 Å². The van der Waals surface area contributed by atoms with Crippen molar-refractivity contribution in [2.45, 2.75) is 59.5 Å². The first-order valence-corrected chi connectivity index (χ1v) is 6.32. The van der Waals surface area contributed by atoms with E-state index < -0.39 is 0 Å². The third kappa shape index (κ3) is 4.88. The quantitative estimate of drug-likeness (QED) is 0.749. The molecule has 2 unspecified atom stereocenters. The third-order valence-corrected chi connectivity index (χ3v) is 2.91. The van der Waals surface area contributed by atoms with Crippen LogP contribution in [-0.2, 0) is 16.1 Å². The maximum absolute atomic E-state index is 5.85. The van der Waals surface area contributed by atoms with Gasteiger partial charge in [-0.2, -0.15) is 0 Å². The fraction of sp³-hybridized carbons (Fsp3) is 0.600. The van der Waals surface area contributed by atoms with E-state index in [0.29, 0.717) is 6.61 Å². The first-order valence-electron chi connectivity index (χ1n) is 6.32. The number of benzene rings is 1. The summed E-state index contributed by atoms with van der Waals surface area (Å²) in [5.41, 5.74) is 2.52. The molecule has 0 aliphatic carbocycles. The molecule has 0 saturated carbocycles. The molecular formula is C15H24O2. The summed E-state index contributed by atoms with van der Waals surface area (Å²) >= 11 is 0. The fourth-order valence-electron chi connectivity index (χ4n) is 1.67. The summed E-state index contributed by atoms with van der Waals surface area (Å²) in [6.45, 7) is 11.0. The molecular weight excluding hydrogens is 212 g/mol. The number of ether oxygens (including phenoxy) is 2. The summed E-state index contributed by atoms with van der Waals surface area (Å²) in [5.74, 6) is 0. The second-order valence-electron chi connectivity index (χ2n) is 4.83. The minimum absolute atomic E-state index is 0.108. The zero-order valence-corrected chi connectivity index (χ0v) is 11.6. The van der Waals surface area contributed by atoms with Crippen molar-refractivity contribution in [3.63, 3.8) is 0 Å². The Morgan fingerprint density at radius 2 is 1.65 bits per heavy atom. The predicted molar refractivity (Wildman–Crippen MR) is 71.1 cm³/mol. The molecule has 0 saturated heterocycles. The molecule has 2 heteroatoms. The Morgan fingerprint density at radius 1 is 1.00 bits per heavy atom. The van der Waals surface area contributed by atoms with Gasteiger partial charge in [0.1, 0.15) is 0 Å². The van der Waals surface area contributed by atoms with Gasteiger partial charge in [0.25, 0.3) is 0 Å². The van der Waals surface area contributed by atoms with E-state index in [4.69, 9.17) is 9.47 Å². The Hall–Kier alpha value is -0.860. The van der Waals surface area contributed by atoms with E-state index in [1.165, 1.54) is 11.1 Å². The zero-order chi connectivity index (χ0) is 12.8. The van der Waals surface area contributed by atoms with E-state index in [1.54, 1.807) is 0 Å². The van der Waals surface area contributed by atoms with E-state index in [1.807, 2.05) is 26.0 Å². The van der Waals surface area contributed by atoms with Crippen molar-refractivity contribution in [3.8, 4) is 0 Å². The monoisotopic (exact) mass is 236 g/mol. The molecule has 0 spiro atoms. The highest BCUT2D eigenvalue weighted by atomic mass is 16.5. The van der Waals surface area contributed by atoms with Crippen molar-refractivity contribution >= 4 is 0 Å². The van der Waals surface area contributed by atoms with Crippen LogP contribution >= 0.6 is 0 Å². The van der Waals surface area contributed by atoms with E-state index in [9.17, 15) is 0 Å². The molecule has 0 amide bonds. The molecule has 1 aromatic carbocycles. The molecule has 0 N–H and O–H groups in total. The van der Waals surface area contributed by atoms with Gasteiger partial charge in [-0.15, -0.1) is 0 Å². The van der Waals surface area contributed by atoms with E-state index >= 15 is 0 Å². The summed E-state index contributed by atoms with van der Waals surface area (Å²) in [7, 11) is 0. The summed E-state index contributed by atoms with van der Waals surface area (Å²) in [6.07, 6.45) is 0.477. The van der Waals surface area contributed by atoms with Crippen LogP contribution in [-0.4, -0.2) is 18.3 Å². The van der Waals surface area contributed by atoms with Gasteiger partial charge >= 0.3 is 0 Å². The highest BCUT2D eigenvalue weighted by Gasteiger charge is 2.14. The lowest BCUT2D eigenvalue weighted by Crippen LogP contribution is -2.28. The standard InChI is InChI=1S/C15H24O2/c1-11(2)17-14(5)13(4)16-10-15-9-7-6-8-12(15)3/h6-9,11,13-14H,10H2,1-5H3. The fourth-order valence-corrected chi connectivity index (χ4v) is 1.67. The average Bonchev–Trinajstić information content (AvgIpc) is 2.26. The Labute approximate surface area is 105 Å². The Morgan fingerprint density at radius 3 is 2.24 bits per heavy atom. The highest BCUT2D eigenvalue weighted by molar-refractivity contribution is 5.24. The summed E-state index contributed by atoms with van der Waals surface area (Å²) in [4.78, 5) is 0. The molecule has 96 valence electrons. The highest BCUT2D eigenvalue weighted by Crippen LogP contribution is 2.12. The second-order valence-corrected chi connectivity index (χ2v) is 4.83. The second kappa shape index (κ2) is 6.77. The molecule has 17 heavy (non-hydrogen) atoms. The largest absolute Gasteiger partial charge is 0.373 e. The van der Waals surface area contributed by atoms with Crippen molar-refractivity contribution in [1.29, 1.82) is 0 Å². The van der Waals surface area contributed by atoms with Gasteiger partial charge in [0.2, 0.25) is 0 Å². The minimum atomic E-state index is 0.108. The van der Waals surface area contributed by atoms with Crippen LogP contribution in [0.15, 0.2) is 24.3 Å². The van der Waals surface area contributed by atoms with Gasteiger partial charge in [0.15, 0.2) is 0 Å². The first-order chi connectivity index (χ1) is 8.00. The minimum Gasteiger partial charge on any atom is -0.373 e. The van der Waals surface area contributed by atoms with Gasteiger partial charge in [-0.1, -0.05) is 24.3 Å². The number of hydrogen-bond acceptors (Lipinski definition) is 2. The van der Waals surface area contributed by atoms with Crippen molar-refractivity contribution < 1.29 is 9.47 Å². The smallest absolute Gasteiger partial charge is 0.0810 e. The topological polar surface area (TPSA) is 18.5 Å². The third-order valence-electron chi connectivity index (χ3n) is 2.91. The lowest BCUT2D eigenvalue weighted by molar-refractivity contribution is -0.0825. The first kappa shape index (κ1) is 14.2. The van der Waals surface area contributed by atoms with Crippen molar-refractivity contribution in [3.05, 3.63) is 35.4 Å². The van der Waals surface area contributed by atoms with Crippen LogP contribution in [0.3, 0.4) is 0 Å². The van der Waals surface area contributed by atoms with Crippen LogP contribution in [0.4, 0.5) is 0 Å². The lowest BCUT2D eigenvalue weighted by Gasteiger charge is -2.23. The zero-order valence-electron chi connectivity index (χ0n) is 11.6. The Bertz CT molecular complexity index is 333. The lowest BCUT2D eigenvalue weighted by atomic mass is 10.1. The molecule has 0 aliphatic rings. The van der Waals surface area contributed by atoms with Crippen LogP contribution in [0, 0.1) is 6.92 Å². The SMILES string of the molecule is Cc1ccccc1COC(C)C(C)OC(C)C. The normalized spacial score (nSPS) is 14.9. The molecule has 1 aromatic rings. The van der Waals surface area contributed by atoms with Gasteiger partial charge in [0, 0.05) is 0 Å². The summed E-state index contributed by atoms with van der Waals surface area (Å²) in [5, 5.41) is 0. The molecule has 0 bridgehead atoms. The molecule has 2 nitrogen and oxygen atoms in total. The van der Waals surface area contributed by atoms with E-state index in [2.05, 4.69) is 32.9 Å². The van der Waals surface area contributed by atoms with Crippen molar-refractivity contribution in [2.24, 2.45) is 0 Å². The molecule has 2 atom stereocenters. The van der Waals surface area contributed by atoms with Gasteiger partial charge in [-0.05, 0) is 45.7 Å². The molecule has 0 aromatic heterocycles. The van der Waals surface area contributed by atoms with Gasteiger partial charge in [-0.3, -0.25) is 0 Å². The molecule has 0 fully saturated rings. The van der Waals surface area contributed by atoms with Crippen LogP contribution in [0.25, 0.3) is 0 Å². The van der Waals surface area contributed by atoms with E-state index in [0.717, 1.165) is 0 Å². The Kier molecular flexibility index (Phi) is 5.66. The maximum atomic E-state index is 5.85. The number of aryl methyl sites for hydroxylation is 1. The molecule has 1 rings (SSSR count).